The normalized spacial score (nSPS) is 10.4. The number of carbonyl (C=O) groups is 1. The minimum absolute atomic E-state index is 0.111. The van der Waals surface area contributed by atoms with E-state index in [0.29, 0.717) is 29.4 Å². The third-order valence-electron chi connectivity index (χ3n) is 2.60. The van der Waals surface area contributed by atoms with Crippen molar-refractivity contribution in [3.8, 4) is 0 Å². The number of benzene rings is 1. The van der Waals surface area contributed by atoms with E-state index in [-0.39, 0.29) is 5.91 Å². The van der Waals surface area contributed by atoms with Gasteiger partial charge in [0.15, 0.2) is 0 Å². The van der Waals surface area contributed by atoms with E-state index in [4.69, 9.17) is 17.3 Å². The minimum atomic E-state index is -0.111. The Hall–Kier alpha value is -2.01. The lowest BCUT2D eigenvalue weighted by atomic mass is 10.2. The molecule has 0 aliphatic carbocycles. The molecule has 0 saturated carbocycles. The highest BCUT2D eigenvalue weighted by Crippen LogP contribution is 2.24. The monoisotopic (exact) mass is 278 g/mol. The molecule has 0 aliphatic rings. The van der Waals surface area contributed by atoms with Crippen molar-refractivity contribution < 1.29 is 4.79 Å². The van der Waals surface area contributed by atoms with Gasteiger partial charge in [0.25, 0.3) is 0 Å². The van der Waals surface area contributed by atoms with E-state index < -0.39 is 0 Å². The largest absolute Gasteiger partial charge is 0.399 e. The lowest BCUT2D eigenvalue weighted by molar-refractivity contribution is -0.116. The number of amides is 1. The van der Waals surface area contributed by atoms with Crippen LogP contribution in [0, 0.1) is 6.92 Å². The summed E-state index contributed by atoms with van der Waals surface area (Å²) in [7, 11) is 0. The zero-order valence-electron chi connectivity index (χ0n) is 10.6. The van der Waals surface area contributed by atoms with Crippen LogP contribution in [0.2, 0.25) is 5.02 Å². The number of rotatable bonds is 4. The van der Waals surface area contributed by atoms with Gasteiger partial charge in [-0.3, -0.25) is 9.48 Å². The molecule has 0 spiro atoms. The predicted molar refractivity (Wildman–Crippen MR) is 76.1 cm³/mol. The quantitative estimate of drug-likeness (QED) is 0.844. The molecule has 0 aliphatic heterocycles. The summed E-state index contributed by atoms with van der Waals surface area (Å²) in [6, 6.07) is 4.99. The summed E-state index contributed by atoms with van der Waals surface area (Å²) in [6.45, 7) is 2.49. The molecule has 0 atom stereocenters. The van der Waals surface area contributed by atoms with Crippen LogP contribution in [0.3, 0.4) is 0 Å². The molecule has 100 valence electrons. The Morgan fingerprint density at radius 3 is 2.95 bits per heavy atom. The number of halogens is 1. The van der Waals surface area contributed by atoms with Crippen molar-refractivity contribution in [2.24, 2.45) is 0 Å². The zero-order valence-corrected chi connectivity index (χ0v) is 11.3. The lowest BCUT2D eigenvalue weighted by Gasteiger charge is -2.07. The summed E-state index contributed by atoms with van der Waals surface area (Å²) in [5.74, 6) is -0.111. The number of aromatic nitrogens is 2. The number of nitrogens with two attached hydrogens (primary N) is 1. The van der Waals surface area contributed by atoms with E-state index >= 15 is 0 Å². The second kappa shape index (κ2) is 5.75. The molecule has 0 unspecified atom stereocenters. The number of nitrogen functional groups attached to an aromatic ring is 1. The van der Waals surface area contributed by atoms with Gasteiger partial charge >= 0.3 is 0 Å². The molecular weight excluding hydrogens is 264 g/mol. The Kier molecular flexibility index (Phi) is 4.06. The molecule has 0 fully saturated rings. The van der Waals surface area contributed by atoms with Gasteiger partial charge in [-0.05, 0) is 30.7 Å². The average molecular weight is 279 g/mol. The second-order valence-electron chi connectivity index (χ2n) is 4.32. The molecule has 1 aromatic carbocycles. The van der Waals surface area contributed by atoms with E-state index in [9.17, 15) is 4.79 Å². The Morgan fingerprint density at radius 1 is 1.53 bits per heavy atom. The van der Waals surface area contributed by atoms with Crippen molar-refractivity contribution >= 4 is 28.9 Å². The number of aryl methyl sites for hydroxylation is 2. The van der Waals surface area contributed by atoms with Crippen LogP contribution in [-0.4, -0.2) is 15.7 Å². The SMILES string of the molecule is Cc1cnn(CCC(=O)Nc2ccc(N)cc2Cl)c1. The smallest absolute Gasteiger partial charge is 0.226 e. The van der Waals surface area contributed by atoms with E-state index in [1.165, 1.54) is 0 Å². The Labute approximate surface area is 116 Å². The number of nitrogens with one attached hydrogen (secondary N) is 1. The molecule has 0 saturated heterocycles. The van der Waals surface area contributed by atoms with Crippen molar-refractivity contribution in [1.29, 1.82) is 0 Å². The molecule has 0 radical (unpaired) electrons. The van der Waals surface area contributed by atoms with E-state index in [0.717, 1.165) is 5.56 Å². The summed E-state index contributed by atoms with van der Waals surface area (Å²) < 4.78 is 1.74. The van der Waals surface area contributed by atoms with Crippen LogP contribution >= 0.6 is 11.6 Å². The first-order valence-corrected chi connectivity index (χ1v) is 6.26. The molecule has 1 heterocycles. The molecule has 19 heavy (non-hydrogen) atoms. The molecule has 1 amide bonds. The van der Waals surface area contributed by atoms with Gasteiger partial charge in [0, 0.05) is 24.8 Å². The van der Waals surface area contributed by atoms with Crippen LogP contribution in [-0.2, 0) is 11.3 Å². The Bertz CT molecular complexity index is 594. The maximum atomic E-state index is 11.8. The fourth-order valence-electron chi connectivity index (χ4n) is 1.65. The van der Waals surface area contributed by atoms with Crippen LogP contribution in [0.15, 0.2) is 30.6 Å². The summed E-state index contributed by atoms with van der Waals surface area (Å²) in [6.07, 6.45) is 3.99. The molecule has 5 nitrogen and oxygen atoms in total. The third kappa shape index (κ3) is 3.72. The van der Waals surface area contributed by atoms with Gasteiger partial charge in [-0.15, -0.1) is 0 Å². The highest BCUT2D eigenvalue weighted by Gasteiger charge is 2.06. The summed E-state index contributed by atoms with van der Waals surface area (Å²) in [5.41, 5.74) is 7.79. The minimum Gasteiger partial charge on any atom is -0.399 e. The van der Waals surface area contributed by atoms with Crippen molar-refractivity contribution in [3.05, 3.63) is 41.2 Å². The molecule has 3 N–H and O–H groups in total. The van der Waals surface area contributed by atoms with Crippen LogP contribution in [0.4, 0.5) is 11.4 Å². The zero-order chi connectivity index (χ0) is 13.8. The Balaban J connectivity index is 1.90. The van der Waals surface area contributed by atoms with E-state index in [1.54, 1.807) is 29.1 Å². The van der Waals surface area contributed by atoms with Crippen molar-refractivity contribution in [3.63, 3.8) is 0 Å². The number of carbonyl (C=O) groups excluding carboxylic acids is 1. The average Bonchev–Trinajstić information content (AvgIpc) is 2.76. The van der Waals surface area contributed by atoms with E-state index in [2.05, 4.69) is 10.4 Å². The lowest BCUT2D eigenvalue weighted by Crippen LogP contribution is -2.15. The number of hydrogen-bond donors (Lipinski definition) is 2. The van der Waals surface area contributed by atoms with Gasteiger partial charge < -0.3 is 11.1 Å². The van der Waals surface area contributed by atoms with Crippen LogP contribution in [0.1, 0.15) is 12.0 Å². The summed E-state index contributed by atoms with van der Waals surface area (Å²) >= 11 is 5.98. The topological polar surface area (TPSA) is 72.9 Å². The van der Waals surface area contributed by atoms with Gasteiger partial charge in [0.05, 0.1) is 16.9 Å². The second-order valence-corrected chi connectivity index (χ2v) is 4.73. The van der Waals surface area contributed by atoms with Gasteiger partial charge in [0.1, 0.15) is 0 Å². The first-order chi connectivity index (χ1) is 9.04. The van der Waals surface area contributed by atoms with Crippen LogP contribution in [0.25, 0.3) is 0 Å². The van der Waals surface area contributed by atoms with Crippen molar-refractivity contribution in [2.75, 3.05) is 11.1 Å². The predicted octanol–water partition coefficient (Wildman–Crippen LogP) is 2.46. The molecule has 2 rings (SSSR count). The van der Waals surface area contributed by atoms with Crippen LogP contribution in [0.5, 0.6) is 0 Å². The number of anilines is 2. The van der Waals surface area contributed by atoms with Gasteiger partial charge in [-0.1, -0.05) is 11.6 Å². The fourth-order valence-corrected chi connectivity index (χ4v) is 1.89. The maximum absolute atomic E-state index is 11.8. The molecular formula is C13H15ClN4O. The van der Waals surface area contributed by atoms with Gasteiger partial charge in [-0.25, -0.2) is 0 Å². The first-order valence-electron chi connectivity index (χ1n) is 5.88. The standard InChI is InChI=1S/C13H15ClN4O/c1-9-7-16-18(8-9)5-4-13(19)17-12-3-2-10(15)6-11(12)14/h2-3,6-8H,4-5,15H2,1H3,(H,17,19). The maximum Gasteiger partial charge on any atom is 0.226 e. The first kappa shape index (κ1) is 13.4. The highest BCUT2D eigenvalue weighted by molar-refractivity contribution is 6.34. The Morgan fingerprint density at radius 2 is 2.32 bits per heavy atom. The summed E-state index contributed by atoms with van der Waals surface area (Å²) in [4.78, 5) is 11.8. The number of nitrogens with zero attached hydrogens (tertiary/aromatic N) is 2. The van der Waals surface area contributed by atoms with Crippen molar-refractivity contribution in [1.82, 2.24) is 9.78 Å². The van der Waals surface area contributed by atoms with E-state index in [1.807, 2.05) is 13.1 Å². The van der Waals surface area contributed by atoms with Crippen molar-refractivity contribution in [2.45, 2.75) is 19.9 Å². The van der Waals surface area contributed by atoms with Crippen LogP contribution < -0.4 is 11.1 Å². The summed E-state index contributed by atoms with van der Waals surface area (Å²) in [5, 5.41) is 7.30. The molecule has 1 aromatic heterocycles. The third-order valence-corrected chi connectivity index (χ3v) is 2.91. The van der Waals surface area contributed by atoms with Gasteiger partial charge in [-0.2, -0.15) is 5.10 Å². The molecule has 2 aromatic rings. The molecule has 6 heteroatoms. The highest BCUT2D eigenvalue weighted by atomic mass is 35.5. The fraction of sp³-hybridized carbons (Fsp3) is 0.231. The van der Waals surface area contributed by atoms with Gasteiger partial charge in [0.2, 0.25) is 5.91 Å². The number of hydrogen-bond acceptors (Lipinski definition) is 3. The molecule has 0 bridgehead atoms.